The lowest BCUT2D eigenvalue weighted by atomic mass is 10.1. The van der Waals surface area contributed by atoms with Crippen molar-refractivity contribution in [1.82, 2.24) is 9.80 Å². The molecule has 120 valence electrons. The third-order valence-corrected chi connectivity index (χ3v) is 5.90. The van der Waals surface area contributed by atoms with Gasteiger partial charge in [0.1, 0.15) is 6.04 Å². The van der Waals surface area contributed by atoms with E-state index in [0.717, 1.165) is 12.8 Å². The van der Waals surface area contributed by atoms with Crippen LogP contribution < -0.4 is 0 Å². The van der Waals surface area contributed by atoms with Gasteiger partial charge in [-0.15, -0.1) is 0 Å². The molecule has 21 heavy (non-hydrogen) atoms. The normalized spacial score (nSPS) is 25.7. The molecular weight excluding hydrogens is 292 g/mol. The number of carbonyl (C=O) groups excluding carboxylic acids is 2. The number of carbonyl (C=O) groups is 2. The molecule has 0 aliphatic carbocycles. The van der Waals surface area contributed by atoms with Crippen LogP contribution in [-0.4, -0.2) is 67.2 Å². The maximum Gasteiger partial charge on any atom is 0.245 e. The highest BCUT2D eigenvalue weighted by Gasteiger charge is 2.36. The van der Waals surface area contributed by atoms with Crippen molar-refractivity contribution in [3.8, 4) is 0 Å². The van der Waals surface area contributed by atoms with Crippen LogP contribution in [0.2, 0.25) is 0 Å². The molecule has 0 spiro atoms. The van der Waals surface area contributed by atoms with E-state index in [0.29, 0.717) is 32.4 Å². The first kappa shape index (κ1) is 16.3. The molecule has 0 N–H and O–H groups in total. The van der Waals surface area contributed by atoms with Crippen molar-refractivity contribution in [3.05, 3.63) is 0 Å². The lowest BCUT2D eigenvalue weighted by Crippen LogP contribution is -2.48. The van der Waals surface area contributed by atoms with E-state index in [2.05, 4.69) is 0 Å². The van der Waals surface area contributed by atoms with E-state index in [1.807, 2.05) is 6.92 Å². The number of amides is 2. The molecule has 6 nitrogen and oxygen atoms in total. The Morgan fingerprint density at radius 1 is 1.10 bits per heavy atom. The van der Waals surface area contributed by atoms with Gasteiger partial charge in [-0.2, -0.15) is 0 Å². The summed E-state index contributed by atoms with van der Waals surface area (Å²) in [5, 5.41) is 0. The summed E-state index contributed by atoms with van der Waals surface area (Å²) in [6, 6.07) is -0.384. The van der Waals surface area contributed by atoms with Crippen molar-refractivity contribution >= 4 is 21.7 Å². The molecule has 7 heteroatoms. The van der Waals surface area contributed by atoms with E-state index in [-0.39, 0.29) is 35.9 Å². The first-order chi connectivity index (χ1) is 9.94. The number of rotatable bonds is 3. The first-order valence-electron chi connectivity index (χ1n) is 7.73. The van der Waals surface area contributed by atoms with Crippen LogP contribution >= 0.6 is 0 Å². The fourth-order valence-corrected chi connectivity index (χ4v) is 4.32. The number of sulfone groups is 1. The molecule has 2 aliphatic rings. The average molecular weight is 316 g/mol. The van der Waals surface area contributed by atoms with Gasteiger partial charge in [-0.05, 0) is 25.7 Å². The lowest BCUT2D eigenvalue weighted by molar-refractivity contribution is -0.143. The van der Waals surface area contributed by atoms with Gasteiger partial charge in [0.25, 0.3) is 0 Å². The smallest absolute Gasteiger partial charge is 0.245 e. The van der Waals surface area contributed by atoms with Crippen LogP contribution in [0.1, 0.15) is 39.0 Å². The van der Waals surface area contributed by atoms with E-state index >= 15 is 0 Å². The minimum Gasteiger partial charge on any atom is -0.340 e. The van der Waals surface area contributed by atoms with Gasteiger partial charge in [0.15, 0.2) is 9.84 Å². The second-order valence-corrected chi connectivity index (χ2v) is 8.13. The van der Waals surface area contributed by atoms with Gasteiger partial charge in [0.05, 0.1) is 11.5 Å². The number of hydrogen-bond acceptors (Lipinski definition) is 4. The Balaban J connectivity index is 2.03. The number of likely N-dealkylation sites (tertiary alicyclic amines) is 1. The largest absolute Gasteiger partial charge is 0.340 e. The molecule has 0 radical (unpaired) electrons. The van der Waals surface area contributed by atoms with Gasteiger partial charge in [-0.1, -0.05) is 6.92 Å². The standard InChI is InChI=1S/C14H24N2O4S/c1-2-5-13(17)16-8-3-6-12(16)14(18)15-7-4-10-21(19,20)11-9-15/h12H,2-11H2,1H3. The van der Waals surface area contributed by atoms with Crippen molar-refractivity contribution in [2.45, 2.75) is 45.1 Å². The van der Waals surface area contributed by atoms with E-state index in [1.165, 1.54) is 0 Å². The highest BCUT2D eigenvalue weighted by atomic mass is 32.2. The Bertz CT molecular complexity index is 503. The highest BCUT2D eigenvalue weighted by molar-refractivity contribution is 7.91. The summed E-state index contributed by atoms with van der Waals surface area (Å²) < 4.78 is 23.2. The van der Waals surface area contributed by atoms with Gasteiger partial charge in [0.2, 0.25) is 11.8 Å². The van der Waals surface area contributed by atoms with Gasteiger partial charge >= 0.3 is 0 Å². The van der Waals surface area contributed by atoms with Crippen molar-refractivity contribution in [1.29, 1.82) is 0 Å². The predicted octanol–water partition coefficient (Wildman–Crippen LogP) is 0.425. The van der Waals surface area contributed by atoms with Gasteiger partial charge in [0, 0.05) is 26.1 Å². The van der Waals surface area contributed by atoms with Gasteiger partial charge in [-0.25, -0.2) is 8.42 Å². The van der Waals surface area contributed by atoms with Crippen LogP contribution in [0.15, 0.2) is 0 Å². The van der Waals surface area contributed by atoms with E-state index in [1.54, 1.807) is 9.80 Å². The Hall–Kier alpha value is -1.11. The summed E-state index contributed by atoms with van der Waals surface area (Å²) in [7, 11) is -3.02. The monoisotopic (exact) mass is 316 g/mol. The van der Waals surface area contributed by atoms with Crippen LogP contribution in [0, 0.1) is 0 Å². The summed E-state index contributed by atoms with van der Waals surface area (Å²) in [5.74, 6) is 0.152. The zero-order valence-corrected chi connectivity index (χ0v) is 13.4. The molecule has 0 aromatic rings. The Labute approximate surface area is 126 Å². The van der Waals surface area contributed by atoms with Crippen molar-refractivity contribution in [3.63, 3.8) is 0 Å². The van der Waals surface area contributed by atoms with Crippen LogP contribution in [0.5, 0.6) is 0 Å². The summed E-state index contributed by atoms with van der Waals surface area (Å²) in [5.41, 5.74) is 0. The average Bonchev–Trinajstić information content (AvgIpc) is 2.84. The zero-order chi connectivity index (χ0) is 15.5. The lowest BCUT2D eigenvalue weighted by Gasteiger charge is -2.29. The third-order valence-electron chi connectivity index (χ3n) is 4.19. The second kappa shape index (κ2) is 6.77. The zero-order valence-electron chi connectivity index (χ0n) is 12.6. The Morgan fingerprint density at radius 2 is 1.86 bits per heavy atom. The van der Waals surface area contributed by atoms with Crippen LogP contribution in [0.4, 0.5) is 0 Å². The fraction of sp³-hybridized carbons (Fsp3) is 0.857. The minimum atomic E-state index is -3.02. The molecule has 2 rings (SSSR count). The molecular formula is C14H24N2O4S. The quantitative estimate of drug-likeness (QED) is 0.756. The minimum absolute atomic E-state index is 0.0361. The molecule has 2 saturated heterocycles. The first-order valence-corrected chi connectivity index (χ1v) is 9.55. The molecule has 2 heterocycles. The van der Waals surface area contributed by atoms with Crippen LogP contribution in [0.3, 0.4) is 0 Å². The second-order valence-electron chi connectivity index (χ2n) is 5.83. The van der Waals surface area contributed by atoms with Crippen molar-refractivity contribution in [2.24, 2.45) is 0 Å². The van der Waals surface area contributed by atoms with E-state index < -0.39 is 9.84 Å². The predicted molar refractivity (Wildman–Crippen MR) is 79.5 cm³/mol. The molecule has 2 fully saturated rings. The summed E-state index contributed by atoms with van der Waals surface area (Å²) >= 11 is 0. The van der Waals surface area contributed by atoms with Crippen LogP contribution in [-0.2, 0) is 19.4 Å². The highest BCUT2D eigenvalue weighted by Crippen LogP contribution is 2.21. The summed E-state index contributed by atoms with van der Waals surface area (Å²) in [4.78, 5) is 28.0. The summed E-state index contributed by atoms with van der Waals surface area (Å²) in [6.45, 7) is 3.32. The number of nitrogens with zero attached hydrogens (tertiary/aromatic N) is 2. The Kier molecular flexibility index (Phi) is 5.24. The Morgan fingerprint density at radius 3 is 2.57 bits per heavy atom. The topological polar surface area (TPSA) is 74.8 Å². The fourth-order valence-electron chi connectivity index (χ4n) is 3.05. The van der Waals surface area contributed by atoms with Crippen molar-refractivity contribution in [2.75, 3.05) is 31.1 Å². The van der Waals surface area contributed by atoms with Gasteiger partial charge in [-0.3, -0.25) is 9.59 Å². The van der Waals surface area contributed by atoms with E-state index in [9.17, 15) is 18.0 Å². The molecule has 2 amide bonds. The SMILES string of the molecule is CCCC(=O)N1CCCC1C(=O)N1CCCS(=O)(=O)CC1. The van der Waals surface area contributed by atoms with Crippen molar-refractivity contribution < 1.29 is 18.0 Å². The van der Waals surface area contributed by atoms with E-state index in [4.69, 9.17) is 0 Å². The number of hydrogen-bond donors (Lipinski definition) is 0. The molecule has 1 unspecified atom stereocenters. The molecule has 2 aliphatic heterocycles. The summed E-state index contributed by atoms with van der Waals surface area (Å²) in [6.07, 6.45) is 3.27. The maximum absolute atomic E-state index is 12.6. The third kappa shape index (κ3) is 3.96. The molecule has 1 atom stereocenters. The van der Waals surface area contributed by atoms with Gasteiger partial charge < -0.3 is 9.80 Å². The molecule has 0 bridgehead atoms. The molecule has 0 saturated carbocycles. The van der Waals surface area contributed by atoms with Crippen LogP contribution in [0.25, 0.3) is 0 Å². The molecule has 0 aromatic carbocycles. The maximum atomic E-state index is 12.6. The molecule has 0 aromatic heterocycles.